The van der Waals surface area contributed by atoms with Gasteiger partial charge < -0.3 is 20.3 Å². The van der Waals surface area contributed by atoms with Crippen LogP contribution in [0.3, 0.4) is 0 Å². The molecule has 1 atom stereocenters. The Labute approximate surface area is 116 Å². The zero-order valence-electron chi connectivity index (χ0n) is 10.3. The highest BCUT2D eigenvalue weighted by molar-refractivity contribution is 7.99. The van der Waals surface area contributed by atoms with Gasteiger partial charge in [0.1, 0.15) is 0 Å². The van der Waals surface area contributed by atoms with E-state index in [4.69, 9.17) is 26.8 Å². The lowest BCUT2D eigenvalue weighted by atomic mass is 10.3. The molecule has 0 aromatic heterocycles. The molecular formula is C12H18ClNO3S. The summed E-state index contributed by atoms with van der Waals surface area (Å²) < 4.78 is 10.1. The smallest absolute Gasteiger partial charge is 0.0867 e. The summed E-state index contributed by atoms with van der Waals surface area (Å²) in [6, 6.07) is 5.33. The third kappa shape index (κ3) is 5.93. The number of aliphatic hydroxyl groups excluding tert-OH is 1. The van der Waals surface area contributed by atoms with Crippen LogP contribution in [0.1, 0.15) is 0 Å². The fourth-order valence-electron chi connectivity index (χ4n) is 1.25. The number of thioether (sulfide) groups is 1. The van der Waals surface area contributed by atoms with E-state index >= 15 is 0 Å². The van der Waals surface area contributed by atoms with Gasteiger partial charge in [0.15, 0.2) is 0 Å². The molecule has 0 radical (unpaired) electrons. The Morgan fingerprint density at radius 2 is 2.22 bits per heavy atom. The highest BCUT2D eigenvalue weighted by Gasteiger charge is 2.07. The highest BCUT2D eigenvalue weighted by Crippen LogP contribution is 2.28. The van der Waals surface area contributed by atoms with Gasteiger partial charge in [0.05, 0.1) is 25.9 Å². The second-order valence-electron chi connectivity index (χ2n) is 3.71. The summed E-state index contributed by atoms with van der Waals surface area (Å²) >= 11 is 7.29. The average molecular weight is 292 g/mol. The summed E-state index contributed by atoms with van der Waals surface area (Å²) in [5, 5.41) is 10.3. The highest BCUT2D eigenvalue weighted by atomic mass is 35.5. The van der Waals surface area contributed by atoms with Crippen LogP contribution in [0.15, 0.2) is 23.1 Å². The Morgan fingerprint density at radius 1 is 1.44 bits per heavy atom. The van der Waals surface area contributed by atoms with Crippen molar-refractivity contribution in [3.05, 3.63) is 23.2 Å². The number of nitrogens with two attached hydrogens (primary N) is 1. The first-order chi connectivity index (χ1) is 8.63. The zero-order chi connectivity index (χ0) is 13.4. The van der Waals surface area contributed by atoms with Crippen molar-refractivity contribution in [3.8, 4) is 0 Å². The molecule has 18 heavy (non-hydrogen) atoms. The Hall–Kier alpha value is -0.460. The molecule has 0 saturated carbocycles. The van der Waals surface area contributed by atoms with Gasteiger partial charge in [-0.15, -0.1) is 11.8 Å². The number of anilines is 1. The van der Waals surface area contributed by atoms with Gasteiger partial charge >= 0.3 is 0 Å². The molecule has 0 saturated heterocycles. The molecule has 0 aliphatic heterocycles. The Balaban J connectivity index is 2.27. The molecule has 1 aromatic rings. The van der Waals surface area contributed by atoms with Gasteiger partial charge in [0, 0.05) is 28.5 Å². The molecule has 0 bridgehead atoms. The van der Waals surface area contributed by atoms with E-state index in [2.05, 4.69) is 0 Å². The van der Waals surface area contributed by atoms with Gasteiger partial charge in [-0.2, -0.15) is 0 Å². The van der Waals surface area contributed by atoms with Gasteiger partial charge in [-0.25, -0.2) is 0 Å². The van der Waals surface area contributed by atoms with E-state index in [9.17, 15) is 5.11 Å². The molecule has 0 fully saturated rings. The monoisotopic (exact) mass is 291 g/mol. The van der Waals surface area contributed by atoms with E-state index < -0.39 is 6.10 Å². The zero-order valence-corrected chi connectivity index (χ0v) is 11.8. The first kappa shape index (κ1) is 15.6. The third-order valence-corrected chi connectivity index (χ3v) is 3.61. The van der Waals surface area contributed by atoms with Crippen LogP contribution in [-0.2, 0) is 9.47 Å². The molecule has 3 N–H and O–H groups in total. The molecule has 0 aliphatic carbocycles. The van der Waals surface area contributed by atoms with Crippen molar-refractivity contribution in [2.75, 3.05) is 38.4 Å². The van der Waals surface area contributed by atoms with E-state index in [1.165, 1.54) is 11.8 Å². The summed E-state index contributed by atoms with van der Waals surface area (Å²) in [7, 11) is 1.61. The largest absolute Gasteiger partial charge is 0.398 e. The lowest BCUT2D eigenvalue weighted by molar-refractivity contribution is 0.0218. The minimum atomic E-state index is -0.526. The average Bonchev–Trinajstić information content (AvgIpc) is 2.33. The van der Waals surface area contributed by atoms with Gasteiger partial charge in [-0.3, -0.25) is 0 Å². The Bertz CT molecular complexity index is 365. The normalized spacial score (nSPS) is 12.6. The standard InChI is InChI=1S/C12H18ClNO3S/c1-16-4-5-17-7-10(15)8-18-12-3-2-9(13)6-11(12)14/h2-3,6,10,15H,4-5,7-8,14H2,1H3. The van der Waals surface area contributed by atoms with Crippen LogP contribution in [0.25, 0.3) is 0 Å². The summed E-state index contributed by atoms with van der Waals surface area (Å²) in [6.45, 7) is 1.31. The first-order valence-electron chi connectivity index (χ1n) is 5.56. The maximum atomic E-state index is 9.70. The topological polar surface area (TPSA) is 64.7 Å². The van der Waals surface area contributed by atoms with Crippen molar-refractivity contribution >= 4 is 29.1 Å². The number of methoxy groups -OCH3 is 1. The number of aliphatic hydroxyl groups is 1. The number of hydrogen-bond donors (Lipinski definition) is 2. The maximum Gasteiger partial charge on any atom is 0.0867 e. The van der Waals surface area contributed by atoms with Crippen molar-refractivity contribution in [1.82, 2.24) is 0 Å². The Kier molecular flexibility index (Phi) is 7.46. The van der Waals surface area contributed by atoms with Gasteiger partial charge in [0.2, 0.25) is 0 Å². The van der Waals surface area contributed by atoms with Crippen molar-refractivity contribution in [2.45, 2.75) is 11.0 Å². The number of hydrogen-bond acceptors (Lipinski definition) is 5. The van der Waals surface area contributed by atoms with Gasteiger partial charge in [-0.05, 0) is 18.2 Å². The van der Waals surface area contributed by atoms with E-state index in [0.717, 1.165) is 4.90 Å². The van der Waals surface area contributed by atoms with Gasteiger partial charge in [-0.1, -0.05) is 11.6 Å². The summed E-state index contributed by atoms with van der Waals surface area (Å²) in [5.74, 6) is 0.527. The van der Waals surface area contributed by atoms with Crippen LogP contribution in [0.4, 0.5) is 5.69 Å². The van der Waals surface area contributed by atoms with Crippen molar-refractivity contribution in [3.63, 3.8) is 0 Å². The van der Waals surface area contributed by atoms with E-state index in [1.807, 2.05) is 6.07 Å². The molecule has 6 heteroatoms. The fourth-order valence-corrected chi connectivity index (χ4v) is 2.29. The molecule has 0 spiro atoms. The molecule has 0 aliphatic rings. The molecule has 102 valence electrons. The van der Waals surface area contributed by atoms with E-state index in [-0.39, 0.29) is 0 Å². The summed E-state index contributed by atoms with van der Waals surface area (Å²) in [6.07, 6.45) is -0.526. The summed E-state index contributed by atoms with van der Waals surface area (Å²) in [5.41, 5.74) is 6.44. The molecule has 4 nitrogen and oxygen atoms in total. The molecule has 0 amide bonds. The van der Waals surface area contributed by atoms with Crippen LogP contribution < -0.4 is 5.73 Å². The quantitative estimate of drug-likeness (QED) is 0.436. The number of nitrogen functional groups attached to an aromatic ring is 1. The van der Waals surface area contributed by atoms with Crippen molar-refractivity contribution < 1.29 is 14.6 Å². The second-order valence-corrected chi connectivity index (χ2v) is 5.21. The van der Waals surface area contributed by atoms with E-state index in [1.54, 1.807) is 19.2 Å². The Morgan fingerprint density at radius 3 is 2.89 bits per heavy atom. The number of rotatable bonds is 8. The fraction of sp³-hybridized carbons (Fsp3) is 0.500. The maximum absolute atomic E-state index is 9.70. The predicted octanol–water partition coefficient (Wildman–Crippen LogP) is 2.04. The number of benzene rings is 1. The van der Waals surface area contributed by atoms with Crippen LogP contribution in [0.5, 0.6) is 0 Å². The van der Waals surface area contributed by atoms with Gasteiger partial charge in [0.25, 0.3) is 0 Å². The van der Waals surface area contributed by atoms with Crippen LogP contribution in [0, 0.1) is 0 Å². The molecule has 1 rings (SSSR count). The molecule has 0 heterocycles. The predicted molar refractivity (Wildman–Crippen MR) is 75.3 cm³/mol. The number of halogens is 1. The van der Waals surface area contributed by atoms with Crippen LogP contribution in [-0.4, -0.2) is 43.9 Å². The van der Waals surface area contributed by atoms with E-state index in [0.29, 0.717) is 36.3 Å². The molecular weight excluding hydrogens is 274 g/mol. The van der Waals surface area contributed by atoms with Crippen LogP contribution in [0.2, 0.25) is 5.02 Å². The summed E-state index contributed by atoms with van der Waals surface area (Å²) in [4.78, 5) is 0.912. The van der Waals surface area contributed by atoms with Crippen molar-refractivity contribution in [2.24, 2.45) is 0 Å². The third-order valence-electron chi connectivity index (χ3n) is 2.15. The number of ether oxygens (including phenoxy) is 2. The SMILES string of the molecule is COCCOCC(O)CSc1ccc(Cl)cc1N. The van der Waals surface area contributed by atoms with Crippen molar-refractivity contribution in [1.29, 1.82) is 0 Å². The lowest BCUT2D eigenvalue weighted by Gasteiger charge is -2.11. The lowest BCUT2D eigenvalue weighted by Crippen LogP contribution is -2.19. The molecule has 1 unspecified atom stereocenters. The molecule has 1 aromatic carbocycles. The minimum Gasteiger partial charge on any atom is -0.398 e. The van der Waals surface area contributed by atoms with Crippen LogP contribution >= 0.6 is 23.4 Å². The minimum absolute atomic E-state index is 0.295. The second kappa shape index (κ2) is 8.61. The first-order valence-corrected chi connectivity index (χ1v) is 6.92.